The Morgan fingerprint density at radius 2 is 1.82 bits per heavy atom. The number of alkyl carbamates (subject to hydrolysis) is 1. The average molecular weight is 626 g/mol. The maximum absolute atomic E-state index is 12.4. The number of aromatic nitrogens is 1. The van der Waals surface area contributed by atoms with E-state index in [9.17, 15) is 14.7 Å². The Bertz CT molecular complexity index is 1480. The van der Waals surface area contributed by atoms with Gasteiger partial charge in [0.15, 0.2) is 0 Å². The van der Waals surface area contributed by atoms with Crippen molar-refractivity contribution in [3.63, 3.8) is 0 Å². The quantitative estimate of drug-likeness (QED) is 0.155. The molecule has 9 heteroatoms. The first-order chi connectivity index (χ1) is 19.5. The van der Waals surface area contributed by atoms with Gasteiger partial charge in [-0.15, -0.1) is 11.3 Å². The number of carboxylic acids is 1. The number of fused-ring (bicyclic) bond motifs is 1. The highest BCUT2D eigenvalue weighted by Crippen LogP contribution is 2.47. The summed E-state index contributed by atoms with van der Waals surface area (Å²) in [5.74, 6) is 0.180. The normalized spacial score (nSPS) is 14.7. The minimum atomic E-state index is -0.886. The van der Waals surface area contributed by atoms with Crippen LogP contribution >= 0.6 is 27.3 Å². The molecule has 1 amide bonds. The second kappa shape index (κ2) is 12.9. The summed E-state index contributed by atoms with van der Waals surface area (Å²) in [4.78, 5) is 28.3. The van der Waals surface area contributed by atoms with Crippen molar-refractivity contribution in [2.24, 2.45) is 0 Å². The number of ether oxygens (including phenoxy) is 2. The number of thiophene rings is 1. The molecule has 0 radical (unpaired) electrons. The van der Waals surface area contributed by atoms with Crippen LogP contribution in [0.1, 0.15) is 64.4 Å². The Hall–Kier alpha value is -3.30. The van der Waals surface area contributed by atoms with Gasteiger partial charge in [-0.1, -0.05) is 77.7 Å². The van der Waals surface area contributed by atoms with Crippen molar-refractivity contribution in [2.45, 2.75) is 57.6 Å². The molecule has 1 fully saturated rings. The summed E-state index contributed by atoms with van der Waals surface area (Å²) in [5.41, 5.74) is 5.72. The third-order valence-corrected chi connectivity index (χ3v) is 9.53. The predicted molar refractivity (Wildman–Crippen MR) is 162 cm³/mol. The third-order valence-electron chi connectivity index (χ3n) is 7.44. The number of hydrogen-bond acceptors (Lipinski definition) is 5. The lowest BCUT2D eigenvalue weighted by molar-refractivity contribution is 0.0701. The second-order valence-corrected chi connectivity index (χ2v) is 11.8. The minimum absolute atomic E-state index is 0.197. The fraction of sp³-hybridized carbons (Fsp3) is 0.355. The first-order valence-electron chi connectivity index (χ1n) is 13.6. The van der Waals surface area contributed by atoms with Crippen LogP contribution < -0.4 is 10.1 Å². The molecule has 3 N–H and O–H groups in total. The number of carbonyl (C=O) groups is 2. The summed E-state index contributed by atoms with van der Waals surface area (Å²) in [7, 11) is 0. The van der Waals surface area contributed by atoms with Gasteiger partial charge >= 0.3 is 12.1 Å². The van der Waals surface area contributed by atoms with Gasteiger partial charge in [0.05, 0.1) is 22.0 Å². The van der Waals surface area contributed by atoms with Gasteiger partial charge in [0, 0.05) is 10.9 Å². The molecule has 1 aliphatic carbocycles. The summed E-state index contributed by atoms with van der Waals surface area (Å²) < 4.78 is 12.7. The third kappa shape index (κ3) is 6.20. The van der Waals surface area contributed by atoms with Crippen LogP contribution in [-0.4, -0.2) is 40.1 Å². The number of hydrogen-bond donors (Lipinski definition) is 3. The number of aromatic amines is 1. The summed E-state index contributed by atoms with van der Waals surface area (Å²) in [6, 6.07) is 17.1. The molecule has 0 aliphatic heterocycles. The van der Waals surface area contributed by atoms with E-state index in [0.29, 0.717) is 21.9 Å². The maximum atomic E-state index is 12.4. The number of carboxylic acid groups (broad SMARTS) is 1. The zero-order valence-corrected chi connectivity index (χ0v) is 24.8. The van der Waals surface area contributed by atoms with E-state index >= 15 is 0 Å². The van der Waals surface area contributed by atoms with Gasteiger partial charge in [-0.3, -0.25) is 0 Å². The fourth-order valence-electron chi connectivity index (χ4n) is 5.40. The van der Waals surface area contributed by atoms with Crippen molar-refractivity contribution in [1.82, 2.24) is 10.3 Å². The summed E-state index contributed by atoms with van der Waals surface area (Å²) >= 11 is 4.85. The Morgan fingerprint density at radius 3 is 2.55 bits per heavy atom. The molecule has 0 spiro atoms. The van der Waals surface area contributed by atoms with E-state index in [0.717, 1.165) is 45.4 Å². The van der Waals surface area contributed by atoms with Crippen molar-refractivity contribution in [3.8, 4) is 17.0 Å². The standard InChI is InChI=1S/C31H33BrN2O5S/c1-19-26-29(40-28(19)30(35)36)25(21-12-6-3-7-13-21)27(34-26)23-14-8-9-15-24(23)38-18-22(16-32)33-31(37)39-17-20-10-4-2-5-11-20/h2,4-5,8-11,14-15,21-22,34H,3,6-7,12-13,16-18H2,1H3,(H,33,37)(H,35,36)/t22-/m1/s1. The van der Waals surface area contributed by atoms with Gasteiger partial charge in [-0.05, 0) is 54.5 Å². The number of aryl methyl sites for hydroxylation is 1. The average Bonchev–Trinajstić information content (AvgIpc) is 3.51. The van der Waals surface area contributed by atoms with E-state index in [1.807, 2.05) is 61.5 Å². The van der Waals surface area contributed by atoms with Crippen LogP contribution in [0.25, 0.3) is 21.5 Å². The van der Waals surface area contributed by atoms with Gasteiger partial charge in [0.1, 0.15) is 23.8 Å². The minimum Gasteiger partial charge on any atom is -0.491 e. The number of benzene rings is 2. The summed E-state index contributed by atoms with van der Waals surface area (Å²) in [5, 5.41) is 13.1. The van der Waals surface area contributed by atoms with Crippen molar-refractivity contribution >= 4 is 49.5 Å². The first-order valence-corrected chi connectivity index (χ1v) is 15.5. The van der Waals surface area contributed by atoms with Crippen molar-refractivity contribution in [1.29, 1.82) is 0 Å². The topological polar surface area (TPSA) is 101 Å². The molecular weight excluding hydrogens is 592 g/mol. The van der Waals surface area contributed by atoms with Crippen LogP contribution in [0.15, 0.2) is 54.6 Å². The summed E-state index contributed by atoms with van der Waals surface area (Å²) in [6.07, 6.45) is 5.25. The lowest BCUT2D eigenvalue weighted by Gasteiger charge is -2.23. The monoisotopic (exact) mass is 624 g/mol. The van der Waals surface area contributed by atoms with Crippen LogP contribution in [0, 0.1) is 6.92 Å². The highest BCUT2D eigenvalue weighted by molar-refractivity contribution is 9.09. The summed E-state index contributed by atoms with van der Waals surface area (Å²) in [6.45, 7) is 2.32. The van der Waals surface area contributed by atoms with Crippen molar-refractivity contribution in [3.05, 3.63) is 76.2 Å². The van der Waals surface area contributed by atoms with E-state index in [4.69, 9.17) is 9.47 Å². The lowest BCUT2D eigenvalue weighted by atomic mass is 9.83. The zero-order valence-electron chi connectivity index (χ0n) is 22.4. The number of para-hydroxylation sites is 1. The number of amides is 1. The molecule has 2 heterocycles. The lowest BCUT2D eigenvalue weighted by Crippen LogP contribution is -2.40. The van der Waals surface area contributed by atoms with Crippen LogP contribution in [-0.2, 0) is 11.3 Å². The second-order valence-electron chi connectivity index (χ2n) is 10.2. The number of alkyl halides is 1. The van der Waals surface area contributed by atoms with Crippen molar-refractivity contribution < 1.29 is 24.2 Å². The number of halogens is 1. The molecule has 0 bridgehead atoms. The molecule has 2 aromatic heterocycles. The number of nitrogens with one attached hydrogen (secondary N) is 2. The van der Waals surface area contributed by atoms with Crippen LogP contribution in [0.2, 0.25) is 0 Å². The molecule has 1 aliphatic rings. The van der Waals surface area contributed by atoms with E-state index in [-0.39, 0.29) is 19.3 Å². The number of H-pyrrole nitrogens is 1. The van der Waals surface area contributed by atoms with Gasteiger partial charge in [0.25, 0.3) is 0 Å². The first kappa shape index (κ1) is 28.2. The highest BCUT2D eigenvalue weighted by Gasteiger charge is 2.29. The van der Waals surface area contributed by atoms with E-state index in [2.05, 4.69) is 26.2 Å². The van der Waals surface area contributed by atoms with Crippen LogP contribution in [0.5, 0.6) is 5.75 Å². The van der Waals surface area contributed by atoms with Gasteiger partial charge in [-0.25, -0.2) is 9.59 Å². The van der Waals surface area contributed by atoms with E-state index < -0.39 is 12.1 Å². The maximum Gasteiger partial charge on any atom is 0.407 e. The molecular formula is C31H33BrN2O5S. The smallest absolute Gasteiger partial charge is 0.407 e. The van der Waals surface area contributed by atoms with Crippen molar-refractivity contribution in [2.75, 3.05) is 11.9 Å². The van der Waals surface area contributed by atoms with E-state index in [1.54, 1.807) is 0 Å². The Labute approximate surface area is 246 Å². The molecule has 5 rings (SSSR count). The molecule has 1 saturated carbocycles. The molecule has 0 unspecified atom stereocenters. The van der Waals surface area contributed by atoms with Gasteiger partial charge in [0.2, 0.25) is 0 Å². The molecule has 4 aromatic rings. The molecule has 40 heavy (non-hydrogen) atoms. The van der Waals surface area contributed by atoms with E-state index in [1.165, 1.54) is 36.2 Å². The molecule has 210 valence electrons. The number of rotatable bonds is 10. The van der Waals surface area contributed by atoms with Gasteiger partial charge in [-0.2, -0.15) is 0 Å². The molecule has 2 aromatic carbocycles. The van der Waals surface area contributed by atoms with Crippen LogP contribution in [0.4, 0.5) is 4.79 Å². The Balaban J connectivity index is 1.37. The fourth-order valence-corrected chi connectivity index (χ4v) is 6.98. The Kier molecular flexibility index (Phi) is 9.11. The number of carbonyl (C=O) groups excluding carboxylic acids is 1. The van der Waals surface area contributed by atoms with Crippen LogP contribution in [0.3, 0.4) is 0 Å². The SMILES string of the molecule is Cc1c(C(=O)O)sc2c(C3CCCCC3)c(-c3ccccc3OC[C@@H](CBr)NC(=O)OCc3ccccc3)[nH]c12. The Morgan fingerprint density at radius 1 is 1.10 bits per heavy atom. The number of aromatic carboxylic acids is 1. The highest BCUT2D eigenvalue weighted by atomic mass is 79.9. The molecule has 7 nitrogen and oxygen atoms in total. The van der Waals surface area contributed by atoms with Gasteiger partial charge < -0.3 is 24.9 Å². The molecule has 1 atom stereocenters. The predicted octanol–water partition coefficient (Wildman–Crippen LogP) is 8.02. The largest absolute Gasteiger partial charge is 0.491 e. The zero-order chi connectivity index (χ0) is 28.1. The molecule has 0 saturated heterocycles.